The number of anilines is 1. The number of imidazole rings is 1. The van der Waals surface area contributed by atoms with E-state index in [2.05, 4.69) is 42.4 Å². The number of hydrogen-bond donors (Lipinski definition) is 2. The van der Waals surface area contributed by atoms with Crippen LogP contribution in [0.25, 0.3) is 22.8 Å². The molecule has 9 nitrogen and oxygen atoms in total. The first-order valence-corrected chi connectivity index (χ1v) is 11.6. The first kappa shape index (κ1) is 20.7. The zero-order valence-corrected chi connectivity index (χ0v) is 18.6. The van der Waals surface area contributed by atoms with E-state index in [1.807, 2.05) is 6.92 Å². The molecule has 168 valence electrons. The molecule has 5 rings (SSSR count). The fraction of sp³-hybridized carbons (Fsp3) is 0.609. The second kappa shape index (κ2) is 8.41. The molecular formula is C23H29N7O2. The summed E-state index contributed by atoms with van der Waals surface area (Å²) in [6.07, 6.45) is 13.8. The number of hydrogen-bond acceptors (Lipinski definition) is 7. The molecule has 32 heavy (non-hydrogen) atoms. The summed E-state index contributed by atoms with van der Waals surface area (Å²) < 4.78 is 6.90. The molecule has 3 aromatic rings. The topological polar surface area (TPSA) is 115 Å². The molecule has 0 bridgehead atoms. The molecule has 0 spiro atoms. The predicted octanol–water partition coefficient (Wildman–Crippen LogP) is 3.52. The maximum absolute atomic E-state index is 11.5. The van der Waals surface area contributed by atoms with Gasteiger partial charge in [0, 0.05) is 18.5 Å². The number of rotatable bonds is 6. The minimum absolute atomic E-state index is 0.205. The fourth-order valence-electron chi connectivity index (χ4n) is 4.94. The molecule has 0 aliphatic heterocycles. The van der Waals surface area contributed by atoms with Gasteiger partial charge in [-0.3, -0.25) is 9.51 Å². The predicted molar refractivity (Wildman–Crippen MR) is 121 cm³/mol. The number of aromatic amines is 1. The monoisotopic (exact) mass is 435 g/mol. The van der Waals surface area contributed by atoms with Crippen molar-refractivity contribution in [1.82, 2.24) is 29.7 Å². The van der Waals surface area contributed by atoms with Gasteiger partial charge in [0.15, 0.2) is 11.5 Å². The maximum atomic E-state index is 11.5. The van der Waals surface area contributed by atoms with Gasteiger partial charge in [-0.1, -0.05) is 11.6 Å². The number of fused-ring (bicyclic) bond motifs is 1. The summed E-state index contributed by atoms with van der Waals surface area (Å²) in [4.78, 5) is 28.1. The third-order valence-electron chi connectivity index (χ3n) is 7.19. The zero-order valence-electron chi connectivity index (χ0n) is 18.6. The normalized spacial score (nSPS) is 22.4. The molecule has 0 radical (unpaired) electrons. The van der Waals surface area contributed by atoms with Crippen molar-refractivity contribution in [3.63, 3.8) is 0 Å². The molecule has 2 aliphatic rings. The van der Waals surface area contributed by atoms with Gasteiger partial charge in [-0.15, -0.1) is 12.3 Å². The van der Waals surface area contributed by atoms with Crippen molar-refractivity contribution in [3.05, 3.63) is 16.4 Å². The van der Waals surface area contributed by atoms with Gasteiger partial charge < -0.3 is 9.88 Å². The van der Waals surface area contributed by atoms with Crippen molar-refractivity contribution >= 4 is 17.0 Å². The Bertz CT molecular complexity index is 1210. The molecule has 2 aliphatic carbocycles. The molecule has 9 heteroatoms. The molecule has 2 N–H and O–H groups in total. The summed E-state index contributed by atoms with van der Waals surface area (Å²) in [6.45, 7) is 5.07. The standard InChI is InChI=1S/C23H29N7O2/c1-4-15-8-10-16(11-9-15)12-30-14(3)25-20-18(30)19(24-13(2)17-6-5-7-17)26-21(27-20)22-28-23(31)32-29-22/h1,13,15-17H,5-12H2,2-3H3,(H,24,26,27)(H,28,29,31). The van der Waals surface area contributed by atoms with Crippen molar-refractivity contribution in [2.24, 2.45) is 17.8 Å². The van der Waals surface area contributed by atoms with Gasteiger partial charge in [0.25, 0.3) is 0 Å². The number of terminal acetylenes is 1. The highest BCUT2D eigenvalue weighted by Crippen LogP contribution is 2.34. The molecule has 3 aromatic heterocycles. The Kier molecular flexibility index (Phi) is 5.45. The van der Waals surface area contributed by atoms with E-state index in [0.717, 1.165) is 49.4 Å². The van der Waals surface area contributed by atoms with Crippen LogP contribution in [0.4, 0.5) is 5.82 Å². The van der Waals surface area contributed by atoms with Crippen LogP contribution in [0, 0.1) is 37.0 Å². The van der Waals surface area contributed by atoms with Crippen molar-refractivity contribution < 1.29 is 4.52 Å². The third kappa shape index (κ3) is 3.90. The lowest BCUT2D eigenvalue weighted by Crippen LogP contribution is -2.31. The number of aryl methyl sites for hydroxylation is 1. The Labute approximate surface area is 186 Å². The smallest absolute Gasteiger partial charge is 0.365 e. The number of nitrogens with one attached hydrogen (secondary N) is 2. The molecule has 0 aromatic carbocycles. The molecule has 3 heterocycles. The average molecular weight is 436 g/mol. The van der Waals surface area contributed by atoms with E-state index in [-0.39, 0.29) is 11.9 Å². The van der Waals surface area contributed by atoms with Crippen molar-refractivity contribution in [1.29, 1.82) is 0 Å². The molecule has 1 unspecified atom stereocenters. The largest absolute Gasteiger partial charge is 0.439 e. The summed E-state index contributed by atoms with van der Waals surface area (Å²) in [6, 6.07) is 0.279. The first-order chi connectivity index (χ1) is 15.5. The van der Waals surface area contributed by atoms with Crippen molar-refractivity contribution in [2.75, 3.05) is 5.32 Å². The van der Waals surface area contributed by atoms with Crippen LogP contribution >= 0.6 is 0 Å². The van der Waals surface area contributed by atoms with E-state index in [0.29, 0.717) is 29.2 Å². The van der Waals surface area contributed by atoms with Crippen LogP contribution < -0.4 is 11.1 Å². The van der Waals surface area contributed by atoms with Crippen LogP contribution in [-0.4, -0.2) is 35.7 Å². The first-order valence-electron chi connectivity index (χ1n) is 11.6. The van der Waals surface area contributed by atoms with Gasteiger partial charge in [0.2, 0.25) is 11.6 Å². The lowest BCUT2D eigenvalue weighted by molar-refractivity contribution is 0.284. The zero-order chi connectivity index (χ0) is 22.2. The van der Waals surface area contributed by atoms with Crippen LogP contribution in [0.1, 0.15) is 57.7 Å². The van der Waals surface area contributed by atoms with Gasteiger partial charge in [-0.2, -0.15) is 0 Å². The highest BCUT2D eigenvalue weighted by molar-refractivity contribution is 5.85. The lowest BCUT2D eigenvalue weighted by atomic mass is 9.80. The van der Waals surface area contributed by atoms with E-state index in [1.165, 1.54) is 19.3 Å². The van der Waals surface area contributed by atoms with Crippen LogP contribution in [-0.2, 0) is 6.54 Å². The molecule has 1 atom stereocenters. The second-order valence-corrected chi connectivity index (χ2v) is 9.29. The van der Waals surface area contributed by atoms with Crippen LogP contribution in [0.3, 0.4) is 0 Å². The SMILES string of the molecule is C#CC1CCC(Cn2c(C)nc3nc(-c4noc(=O)[nH]4)nc(NC(C)C4CCC4)c32)CC1. The Morgan fingerprint density at radius 1 is 1.22 bits per heavy atom. The van der Waals surface area contributed by atoms with E-state index >= 15 is 0 Å². The molecule has 0 amide bonds. The number of nitrogens with zero attached hydrogens (tertiary/aromatic N) is 5. The fourth-order valence-corrected chi connectivity index (χ4v) is 4.94. The van der Waals surface area contributed by atoms with E-state index < -0.39 is 5.76 Å². The van der Waals surface area contributed by atoms with Gasteiger partial charge >= 0.3 is 5.76 Å². The van der Waals surface area contributed by atoms with Crippen LogP contribution in [0.2, 0.25) is 0 Å². The highest BCUT2D eigenvalue weighted by atomic mass is 16.5. The Hall–Kier alpha value is -3.15. The van der Waals surface area contributed by atoms with Gasteiger partial charge in [0.1, 0.15) is 11.3 Å². The van der Waals surface area contributed by atoms with Crippen LogP contribution in [0.15, 0.2) is 9.32 Å². The quantitative estimate of drug-likeness (QED) is 0.569. The van der Waals surface area contributed by atoms with E-state index in [9.17, 15) is 4.79 Å². The summed E-state index contributed by atoms with van der Waals surface area (Å²) in [7, 11) is 0. The number of H-pyrrole nitrogens is 1. The Morgan fingerprint density at radius 2 is 2.00 bits per heavy atom. The summed E-state index contributed by atoms with van der Waals surface area (Å²) in [5.74, 6) is 6.00. The minimum atomic E-state index is -0.634. The summed E-state index contributed by atoms with van der Waals surface area (Å²) in [5, 5.41) is 7.39. The van der Waals surface area contributed by atoms with Gasteiger partial charge in [-0.25, -0.2) is 19.7 Å². The molecular weight excluding hydrogens is 406 g/mol. The number of aromatic nitrogens is 6. The highest BCUT2D eigenvalue weighted by Gasteiger charge is 2.28. The third-order valence-corrected chi connectivity index (χ3v) is 7.19. The molecule has 2 fully saturated rings. The van der Waals surface area contributed by atoms with E-state index in [1.54, 1.807) is 0 Å². The lowest BCUT2D eigenvalue weighted by Gasteiger charge is -2.32. The Morgan fingerprint density at radius 3 is 2.62 bits per heavy atom. The molecule has 0 saturated heterocycles. The second-order valence-electron chi connectivity index (χ2n) is 9.29. The van der Waals surface area contributed by atoms with E-state index in [4.69, 9.17) is 16.4 Å². The average Bonchev–Trinajstić information content (AvgIpc) is 3.30. The summed E-state index contributed by atoms with van der Waals surface area (Å²) >= 11 is 0. The van der Waals surface area contributed by atoms with Gasteiger partial charge in [-0.05, 0) is 64.2 Å². The maximum Gasteiger partial charge on any atom is 0.439 e. The minimum Gasteiger partial charge on any atom is -0.365 e. The Balaban J connectivity index is 1.53. The molecule has 2 saturated carbocycles. The van der Waals surface area contributed by atoms with Crippen LogP contribution in [0.5, 0.6) is 0 Å². The van der Waals surface area contributed by atoms with Crippen molar-refractivity contribution in [2.45, 2.75) is 71.4 Å². The summed E-state index contributed by atoms with van der Waals surface area (Å²) in [5.41, 5.74) is 1.50. The van der Waals surface area contributed by atoms with Crippen molar-refractivity contribution in [3.8, 4) is 24.0 Å². The van der Waals surface area contributed by atoms with Gasteiger partial charge in [0.05, 0.1) is 0 Å².